The monoisotopic (exact) mass is 374 g/mol. The molecule has 1 unspecified atom stereocenters. The molecule has 1 aromatic carbocycles. The fourth-order valence-corrected chi connectivity index (χ4v) is 2.98. The van der Waals surface area contributed by atoms with Gasteiger partial charge in [0.05, 0.1) is 10.0 Å². The van der Waals surface area contributed by atoms with Gasteiger partial charge in [-0.2, -0.15) is 0 Å². The van der Waals surface area contributed by atoms with Gasteiger partial charge in [0, 0.05) is 24.6 Å². The Morgan fingerprint density at radius 1 is 1.25 bits per heavy atom. The van der Waals surface area contributed by atoms with E-state index in [9.17, 15) is 18.4 Å². The third-order valence-corrected chi connectivity index (χ3v) is 4.35. The molecule has 0 spiro atoms. The second kappa shape index (κ2) is 8.18. The summed E-state index contributed by atoms with van der Waals surface area (Å²) in [6.07, 6.45) is -0.481. The Kier molecular flexibility index (Phi) is 6.24. The van der Waals surface area contributed by atoms with Gasteiger partial charge in [0.15, 0.2) is 0 Å². The molecular weight excluding hydrogens is 362 g/mol. The normalized spacial score (nSPS) is 11.8. The van der Waals surface area contributed by atoms with E-state index < -0.39 is 35.2 Å². The van der Waals surface area contributed by atoms with Crippen molar-refractivity contribution in [3.8, 4) is 0 Å². The summed E-state index contributed by atoms with van der Waals surface area (Å²) in [5.74, 6) is -3.69. The van der Waals surface area contributed by atoms with Gasteiger partial charge in [-0.3, -0.25) is 9.59 Å². The van der Waals surface area contributed by atoms with Crippen LogP contribution < -0.4 is 10.6 Å². The summed E-state index contributed by atoms with van der Waals surface area (Å²) in [5.41, 5.74) is -0.413. The highest BCUT2D eigenvalue weighted by Gasteiger charge is 2.19. The molecular formula is C15H13ClF2N2O3S. The average Bonchev–Trinajstić information content (AvgIpc) is 2.97. The number of methoxy groups -OCH3 is 1. The second-order valence-corrected chi connectivity index (χ2v) is 6.40. The van der Waals surface area contributed by atoms with Gasteiger partial charge in [0.25, 0.3) is 0 Å². The summed E-state index contributed by atoms with van der Waals surface area (Å²) in [4.78, 5) is 24.3. The van der Waals surface area contributed by atoms with Gasteiger partial charge in [-0.15, -0.1) is 11.3 Å². The van der Waals surface area contributed by atoms with Crippen molar-refractivity contribution in [3.05, 3.63) is 51.2 Å². The minimum absolute atomic E-state index is 0.0191. The predicted molar refractivity (Wildman–Crippen MR) is 87.1 cm³/mol. The summed E-state index contributed by atoms with van der Waals surface area (Å²) >= 11 is 7.12. The number of thiophene rings is 1. The topological polar surface area (TPSA) is 67.4 Å². The van der Waals surface area contributed by atoms with Gasteiger partial charge in [-0.05, 0) is 24.3 Å². The van der Waals surface area contributed by atoms with E-state index in [2.05, 4.69) is 5.32 Å². The van der Waals surface area contributed by atoms with Crippen LogP contribution in [0.4, 0.5) is 14.5 Å². The largest absolute Gasteiger partial charge is 0.374 e. The van der Waals surface area contributed by atoms with Gasteiger partial charge in [0.2, 0.25) is 0 Å². The summed E-state index contributed by atoms with van der Waals surface area (Å²) in [6, 6.07) is 5.97. The third kappa shape index (κ3) is 4.73. The second-order valence-electron chi connectivity index (χ2n) is 4.65. The molecule has 0 bridgehead atoms. The molecule has 0 aliphatic heterocycles. The van der Waals surface area contributed by atoms with E-state index in [0.717, 1.165) is 23.1 Å². The van der Waals surface area contributed by atoms with Gasteiger partial charge < -0.3 is 15.4 Å². The molecule has 0 aliphatic rings. The fraction of sp³-hybridized carbons (Fsp3) is 0.200. The van der Waals surface area contributed by atoms with Crippen molar-refractivity contribution in [1.82, 2.24) is 5.32 Å². The van der Waals surface area contributed by atoms with Crippen molar-refractivity contribution < 1.29 is 23.1 Å². The van der Waals surface area contributed by atoms with Crippen molar-refractivity contribution >= 4 is 40.4 Å². The number of ether oxygens (including phenoxy) is 1. The highest BCUT2D eigenvalue weighted by molar-refractivity contribution is 7.16. The molecule has 1 atom stereocenters. The van der Waals surface area contributed by atoms with E-state index in [4.69, 9.17) is 16.3 Å². The van der Waals surface area contributed by atoms with E-state index in [1.54, 1.807) is 12.1 Å². The molecule has 2 rings (SSSR count). The third-order valence-electron chi connectivity index (χ3n) is 3.03. The van der Waals surface area contributed by atoms with Crippen molar-refractivity contribution in [2.75, 3.05) is 19.0 Å². The molecule has 128 valence electrons. The first-order valence-corrected chi connectivity index (χ1v) is 7.92. The first-order valence-electron chi connectivity index (χ1n) is 6.73. The highest BCUT2D eigenvalue weighted by Crippen LogP contribution is 2.28. The van der Waals surface area contributed by atoms with Crippen LogP contribution in [0.25, 0.3) is 0 Å². The zero-order valence-electron chi connectivity index (χ0n) is 12.4. The number of amides is 2. The smallest absolute Gasteiger partial charge is 0.313 e. The summed E-state index contributed by atoms with van der Waals surface area (Å²) in [7, 11) is 1.45. The van der Waals surface area contributed by atoms with E-state index in [1.807, 2.05) is 5.32 Å². The summed E-state index contributed by atoms with van der Waals surface area (Å²) in [5, 5.41) is 4.38. The molecule has 5 nitrogen and oxygen atoms in total. The molecule has 9 heteroatoms. The molecule has 0 aliphatic carbocycles. The van der Waals surface area contributed by atoms with E-state index in [-0.39, 0.29) is 6.54 Å². The Morgan fingerprint density at radius 2 is 2.00 bits per heavy atom. The zero-order valence-corrected chi connectivity index (χ0v) is 14.0. The Balaban J connectivity index is 1.93. The van der Waals surface area contributed by atoms with Crippen LogP contribution in [0.2, 0.25) is 4.34 Å². The van der Waals surface area contributed by atoms with Gasteiger partial charge >= 0.3 is 11.8 Å². The van der Waals surface area contributed by atoms with E-state index in [1.165, 1.54) is 18.4 Å². The lowest BCUT2D eigenvalue weighted by Crippen LogP contribution is -2.38. The number of carbonyl (C=O) groups is 2. The maximum absolute atomic E-state index is 13.4. The molecule has 2 aromatic rings. The Hall–Kier alpha value is -2.03. The van der Waals surface area contributed by atoms with E-state index in [0.29, 0.717) is 4.34 Å². The highest BCUT2D eigenvalue weighted by atomic mass is 35.5. The van der Waals surface area contributed by atoms with Gasteiger partial charge in [-0.1, -0.05) is 11.6 Å². The maximum atomic E-state index is 13.4. The van der Waals surface area contributed by atoms with Crippen molar-refractivity contribution in [3.63, 3.8) is 0 Å². The fourth-order valence-electron chi connectivity index (χ4n) is 1.84. The lowest BCUT2D eigenvalue weighted by Gasteiger charge is -2.14. The molecule has 0 fully saturated rings. The van der Waals surface area contributed by atoms with Crippen LogP contribution in [0.15, 0.2) is 30.3 Å². The van der Waals surface area contributed by atoms with Crippen molar-refractivity contribution in [2.24, 2.45) is 0 Å². The number of benzene rings is 1. The lowest BCUT2D eigenvalue weighted by molar-refractivity contribution is -0.136. The lowest BCUT2D eigenvalue weighted by atomic mass is 10.2. The number of nitrogens with one attached hydrogen (secondary N) is 2. The number of hydrogen-bond donors (Lipinski definition) is 2. The number of hydrogen-bond acceptors (Lipinski definition) is 4. The molecule has 0 saturated heterocycles. The van der Waals surface area contributed by atoms with Crippen LogP contribution in [-0.2, 0) is 14.3 Å². The van der Waals surface area contributed by atoms with Crippen LogP contribution >= 0.6 is 22.9 Å². The van der Waals surface area contributed by atoms with Gasteiger partial charge in [0.1, 0.15) is 17.7 Å². The average molecular weight is 375 g/mol. The summed E-state index contributed by atoms with van der Waals surface area (Å²) < 4.78 is 32.3. The number of rotatable bonds is 5. The van der Waals surface area contributed by atoms with Crippen molar-refractivity contribution in [1.29, 1.82) is 0 Å². The van der Waals surface area contributed by atoms with Gasteiger partial charge in [-0.25, -0.2) is 8.78 Å². The molecule has 0 radical (unpaired) electrons. The van der Waals surface area contributed by atoms with Crippen LogP contribution in [-0.4, -0.2) is 25.5 Å². The van der Waals surface area contributed by atoms with Crippen LogP contribution in [0.5, 0.6) is 0 Å². The summed E-state index contributed by atoms with van der Waals surface area (Å²) in [6.45, 7) is 0.0191. The minimum atomic E-state index is -1.11. The first kappa shape index (κ1) is 18.3. The molecule has 1 heterocycles. The molecule has 0 saturated carbocycles. The van der Waals surface area contributed by atoms with Crippen LogP contribution in [0.3, 0.4) is 0 Å². The number of anilines is 1. The van der Waals surface area contributed by atoms with Crippen LogP contribution in [0.1, 0.15) is 11.0 Å². The van der Waals surface area contributed by atoms with E-state index >= 15 is 0 Å². The Morgan fingerprint density at radius 3 is 2.62 bits per heavy atom. The number of halogens is 3. The standard InChI is InChI=1S/C15H13ClF2N2O3S/c1-23-11(12-4-5-13(16)24-12)7-19-14(21)15(22)20-10-6-8(17)2-3-9(10)18/h2-6,11H,7H2,1H3,(H,19,21)(H,20,22). The number of carbonyl (C=O) groups excluding carboxylic acids is 2. The Bertz CT molecular complexity index is 754. The molecule has 2 amide bonds. The maximum Gasteiger partial charge on any atom is 0.313 e. The van der Waals surface area contributed by atoms with Crippen LogP contribution in [0, 0.1) is 11.6 Å². The quantitative estimate of drug-likeness (QED) is 0.790. The Labute approximate surface area is 145 Å². The van der Waals surface area contributed by atoms with Crippen molar-refractivity contribution in [2.45, 2.75) is 6.10 Å². The first-order chi connectivity index (χ1) is 11.4. The molecule has 1 aromatic heterocycles. The zero-order chi connectivity index (χ0) is 17.7. The molecule has 2 N–H and O–H groups in total. The predicted octanol–water partition coefficient (Wildman–Crippen LogP) is 3.12. The SMILES string of the molecule is COC(CNC(=O)C(=O)Nc1cc(F)ccc1F)c1ccc(Cl)s1. The molecule has 24 heavy (non-hydrogen) atoms. The minimum Gasteiger partial charge on any atom is -0.374 e.